The molecular formula is C14H8N4. The van der Waals surface area contributed by atoms with Crippen LogP contribution in [0.3, 0.4) is 0 Å². The fourth-order valence-corrected chi connectivity index (χ4v) is 1.91. The van der Waals surface area contributed by atoms with Gasteiger partial charge in [-0.1, -0.05) is 18.2 Å². The van der Waals surface area contributed by atoms with Crippen LogP contribution in [0, 0.1) is 11.3 Å². The van der Waals surface area contributed by atoms with Crippen molar-refractivity contribution in [2.45, 2.75) is 0 Å². The maximum Gasteiger partial charge on any atom is 0.178 e. The number of aromatic nitrogens is 3. The molecule has 3 rings (SSSR count). The van der Waals surface area contributed by atoms with Crippen LogP contribution in [0.4, 0.5) is 0 Å². The third-order valence-corrected chi connectivity index (χ3v) is 2.71. The van der Waals surface area contributed by atoms with Crippen molar-refractivity contribution >= 4 is 11.2 Å². The maximum atomic E-state index is 9.15. The van der Waals surface area contributed by atoms with E-state index in [-0.39, 0.29) is 0 Å². The predicted molar refractivity (Wildman–Crippen MR) is 67.5 cm³/mol. The molecule has 18 heavy (non-hydrogen) atoms. The van der Waals surface area contributed by atoms with Crippen molar-refractivity contribution < 1.29 is 0 Å². The molecule has 0 N–H and O–H groups in total. The molecule has 0 unspecified atom stereocenters. The lowest BCUT2D eigenvalue weighted by molar-refractivity contribution is 1.22. The lowest BCUT2D eigenvalue weighted by Gasteiger charge is -2.05. The van der Waals surface area contributed by atoms with Gasteiger partial charge < -0.3 is 0 Å². The Morgan fingerprint density at radius 3 is 2.50 bits per heavy atom. The highest BCUT2D eigenvalue weighted by Gasteiger charge is 2.09. The Hall–Kier alpha value is -2.80. The Morgan fingerprint density at radius 2 is 1.61 bits per heavy atom. The standard InChI is InChI=1S/C14H8N4/c15-9-10-3-1-2-4-11(10)12-5-6-17-14-13(12)16-7-8-18-14/h1-8H. The summed E-state index contributed by atoms with van der Waals surface area (Å²) >= 11 is 0. The molecule has 84 valence electrons. The zero-order valence-corrected chi connectivity index (χ0v) is 9.41. The van der Waals surface area contributed by atoms with E-state index in [0.717, 1.165) is 11.1 Å². The zero-order chi connectivity index (χ0) is 12.4. The predicted octanol–water partition coefficient (Wildman–Crippen LogP) is 2.56. The fraction of sp³-hybridized carbons (Fsp3) is 0. The molecule has 1 aromatic carbocycles. The maximum absolute atomic E-state index is 9.15. The summed E-state index contributed by atoms with van der Waals surface area (Å²) in [5.74, 6) is 0. The molecular weight excluding hydrogens is 224 g/mol. The number of hydrogen-bond acceptors (Lipinski definition) is 4. The van der Waals surface area contributed by atoms with E-state index in [4.69, 9.17) is 5.26 Å². The minimum atomic E-state index is 0.586. The highest BCUT2D eigenvalue weighted by molar-refractivity contribution is 5.90. The molecule has 4 heteroatoms. The molecule has 0 spiro atoms. The summed E-state index contributed by atoms with van der Waals surface area (Å²) in [6, 6.07) is 11.5. The van der Waals surface area contributed by atoms with E-state index in [1.54, 1.807) is 24.7 Å². The van der Waals surface area contributed by atoms with E-state index in [1.165, 1.54) is 0 Å². The molecule has 0 aliphatic carbocycles. The van der Waals surface area contributed by atoms with Crippen LogP contribution in [0.5, 0.6) is 0 Å². The molecule has 0 aliphatic heterocycles. The third kappa shape index (κ3) is 1.59. The van der Waals surface area contributed by atoms with Crippen molar-refractivity contribution in [1.82, 2.24) is 15.0 Å². The molecule has 0 aliphatic rings. The molecule has 0 radical (unpaired) electrons. The van der Waals surface area contributed by atoms with Crippen LogP contribution in [0.15, 0.2) is 48.9 Å². The number of rotatable bonds is 1. The van der Waals surface area contributed by atoms with Gasteiger partial charge in [0.2, 0.25) is 0 Å². The number of hydrogen-bond donors (Lipinski definition) is 0. The monoisotopic (exact) mass is 232 g/mol. The van der Waals surface area contributed by atoms with E-state index in [9.17, 15) is 0 Å². The van der Waals surface area contributed by atoms with Gasteiger partial charge in [-0.25, -0.2) is 9.97 Å². The second-order valence-corrected chi connectivity index (χ2v) is 3.74. The normalized spacial score (nSPS) is 10.2. The Morgan fingerprint density at radius 1 is 0.833 bits per heavy atom. The van der Waals surface area contributed by atoms with Crippen LogP contribution in [-0.4, -0.2) is 15.0 Å². The summed E-state index contributed by atoms with van der Waals surface area (Å²) in [5, 5.41) is 9.15. The van der Waals surface area contributed by atoms with Crippen molar-refractivity contribution in [3.63, 3.8) is 0 Å². The van der Waals surface area contributed by atoms with Crippen molar-refractivity contribution in [3.05, 3.63) is 54.5 Å². The van der Waals surface area contributed by atoms with Crippen LogP contribution in [0.2, 0.25) is 0 Å². The number of pyridine rings is 1. The Labute approximate surface area is 104 Å². The van der Waals surface area contributed by atoms with Gasteiger partial charge in [-0.2, -0.15) is 5.26 Å². The second kappa shape index (κ2) is 4.22. The van der Waals surface area contributed by atoms with Crippen molar-refractivity contribution in [3.8, 4) is 17.2 Å². The topological polar surface area (TPSA) is 62.5 Å². The van der Waals surface area contributed by atoms with Gasteiger partial charge in [0.1, 0.15) is 5.52 Å². The zero-order valence-electron chi connectivity index (χ0n) is 9.41. The summed E-state index contributed by atoms with van der Waals surface area (Å²) in [6.45, 7) is 0. The highest BCUT2D eigenvalue weighted by atomic mass is 14.9. The molecule has 0 fully saturated rings. The Balaban J connectivity index is 2.36. The van der Waals surface area contributed by atoms with E-state index >= 15 is 0 Å². The average Bonchev–Trinajstić information content (AvgIpc) is 2.46. The van der Waals surface area contributed by atoms with Gasteiger partial charge in [-0.05, 0) is 12.1 Å². The first-order valence-electron chi connectivity index (χ1n) is 5.45. The molecule has 0 bridgehead atoms. The molecule has 4 nitrogen and oxygen atoms in total. The molecule has 2 aromatic heterocycles. The molecule has 2 heterocycles. The summed E-state index contributed by atoms with van der Waals surface area (Å²) in [6.07, 6.45) is 4.91. The highest BCUT2D eigenvalue weighted by Crippen LogP contribution is 2.27. The molecule has 0 atom stereocenters. The summed E-state index contributed by atoms with van der Waals surface area (Å²) in [4.78, 5) is 12.6. The average molecular weight is 232 g/mol. The van der Waals surface area contributed by atoms with Crippen LogP contribution in [-0.2, 0) is 0 Å². The number of benzene rings is 1. The first-order valence-corrected chi connectivity index (χ1v) is 5.45. The Bertz CT molecular complexity index is 754. The van der Waals surface area contributed by atoms with Gasteiger partial charge in [0, 0.05) is 29.7 Å². The largest absolute Gasteiger partial charge is 0.251 e. The van der Waals surface area contributed by atoms with E-state index in [0.29, 0.717) is 16.7 Å². The van der Waals surface area contributed by atoms with Gasteiger partial charge in [0.05, 0.1) is 11.6 Å². The lowest BCUT2D eigenvalue weighted by atomic mass is 10.0. The number of fused-ring (bicyclic) bond motifs is 1. The van der Waals surface area contributed by atoms with Gasteiger partial charge in [0.25, 0.3) is 0 Å². The first kappa shape index (κ1) is 10.4. The van der Waals surface area contributed by atoms with E-state index in [1.807, 2.05) is 24.3 Å². The molecule has 3 aromatic rings. The van der Waals surface area contributed by atoms with E-state index in [2.05, 4.69) is 21.0 Å². The number of nitrogens with zero attached hydrogens (tertiary/aromatic N) is 4. The van der Waals surface area contributed by atoms with Gasteiger partial charge in [-0.15, -0.1) is 0 Å². The fourth-order valence-electron chi connectivity index (χ4n) is 1.91. The minimum Gasteiger partial charge on any atom is -0.251 e. The quantitative estimate of drug-likeness (QED) is 0.646. The molecule has 0 saturated carbocycles. The van der Waals surface area contributed by atoms with Crippen LogP contribution in [0.25, 0.3) is 22.3 Å². The second-order valence-electron chi connectivity index (χ2n) is 3.74. The SMILES string of the molecule is N#Cc1ccccc1-c1ccnc2nccnc12. The van der Waals surface area contributed by atoms with Crippen molar-refractivity contribution in [2.24, 2.45) is 0 Å². The molecule has 0 amide bonds. The number of nitriles is 1. The van der Waals surface area contributed by atoms with Crippen molar-refractivity contribution in [2.75, 3.05) is 0 Å². The van der Waals surface area contributed by atoms with Crippen LogP contribution in [0.1, 0.15) is 5.56 Å². The molecule has 0 saturated heterocycles. The lowest BCUT2D eigenvalue weighted by Crippen LogP contribution is -1.91. The van der Waals surface area contributed by atoms with Crippen LogP contribution < -0.4 is 0 Å². The Kier molecular flexibility index (Phi) is 2.43. The van der Waals surface area contributed by atoms with Gasteiger partial charge in [0.15, 0.2) is 5.65 Å². The summed E-state index contributed by atoms with van der Waals surface area (Å²) in [7, 11) is 0. The minimum absolute atomic E-state index is 0.586. The van der Waals surface area contributed by atoms with Crippen molar-refractivity contribution in [1.29, 1.82) is 5.26 Å². The van der Waals surface area contributed by atoms with Gasteiger partial charge in [-0.3, -0.25) is 4.98 Å². The van der Waals surface area contributed by atoms with E-state index < -0.39 is 0 Å². The summed E-state index contributed by atoms with van der Waals surface area (Å²) in [5.41, 5.74) is 3.65. The first-order chi connectivity index (χ1) is 8.90. The summed E-state index contributed by atoms with van der Waals surface area (Å²) < 4.78 is 0. The third-order valence-electron chi connectivity index (χ3n) is 2.71. The van der Waals surface area contributed by atoms with Gasteiger partial charge >= 0.3 is 0 Å². The smallest absolute Gasteiger partial charge is 0.178 e. The van der Waals surface area contributed by atoms with Crippen LogP contribution >= 0.6 is 0 Å².